The second-order valence-corrected chi connectivity index (χ2v) is 5.48. The number of carboxylic acid groups (broad SMARTS) is 1. The average molecular weight is 286 g/mol. The van der Waals surface area contributed by atoms with Gasteiger partial charge in [-0.15, -0.1) is 0 Å². The number of rotatable bonds is 4. The molecule has 1 heterocycles. The Kier molecular flexibility index (Phi) is 3.84. The molecule has 0 fully saturated rings. The fraction of sp³-hybridized carbons (Fsp3) is 0.250. The Balaban J connectivity index is 2.37. The molecule has 21 heavy (non-hydrogen) atoms. The minimum atomic E-state index is -0.978. The number of aryl methyl sites for hydroxylation is 1. The predicted octanol–water partition coefficient (Wildman–Crippen LogP) is 3.20. The quantitative estimate of drug-likeness (QED) is 0.804. The molecule has 2 aromatic rings. The Morgan fingerprint density at radius 2 is 1.95 bits per heavy atom. The summed E-state index contributed by atoms with van der Waals surface area (Å²) in [5, 5.41) is 21.9. The van der Waals surface area contributed by atoms with Crippen molar-refractivity contribution < 1.29 is 15.0 Å². The Bertz CT molecular complexity index is 681. The lowest BCUT2D eigenvalue weighted by molar-refractivity contribution is -0.142. The monoisotopic (exact) mass is 286 g/mol. The third-order valence-corrected chi connectivity index (χ3v) is 3.46. The molecule has 110 valence electrons. The van der Waals surface area contributed by atoms with E-state index in [1.807, 2.05) is 19.1 Å². The van der Waals surface area contributed by atoms with Crippen LogP contribution in [0.15, 0.2) is 36.5 Å². The number of nitrogens with zero attached hydrogens (tertiary/aromatic N) is 1. The summed E-state index contributed by atoms with van der Waals surface area (Å²) in [4.78, 5) is 15.5. The van der Waals surface area contributed by atoms with E-state index in [0.29, 0.717) is 5.82 Å². The lowest BCUT2D eigenvalue weighted by Crippen LogP contribution is -2.29. The van der Waals surface area contributed by atoms with Crippen LogP contribution in [0.3, 0.4) is 0 Å². The fourth-order valence-corrected chi connectivity index (χ4v) is 2.12. The Labute approximate surface area is 123 Å². The summed E-state index contributed by atoms with van der Waals surface area (Å²) >= 11 is 0. The van der Waals surface area contributed by atoms with Gasteiger partial charge in [-0.2, -0.15) is 0 Å². The Morgan fingerprint density at radius 3 is 2.57 bits per heavy atom. The Morgan fingerprint density at radius 1 is 1.24 bits per heavy atom. The summed E-state index contributed by atoms with van der Waals surface area (Å²) < 4.78 is 0. The minimum absolute atomic E-state index is 0.116. The number of carbonyl (C=O) groups is 1. The number of benzene rings is 1. The SMILES string of the molecule is Cc1ccc(Nc2cc(O)ccn2)cc1C(C)(C)C(=O)O. The van der Waals surface area contributed by atoms with Crippen LogP contribution in [0.1, 0.15) is 25.0 Å². The van der Waals surface area contributed by atoms with Gasteiger partial charge in [0.2, 0.25) is 0 Å². The van der Waals surface area contributed by atoms with Crippen LogP contribution in [0.25, 0.3) is 0 Å². The van der Waals surface area contributed by atoms with Crippen molar-refractivity contribution in [1.82, 2.24) is 4.98 Å². The maximum absolute atomic E-state index is 11.4. The van der Waals surface area contributed by atoms with Gasteiger partial charge in [-0.25, -0.2) is 4.98 Å². The van der Waals surface area contributed by atoms with Crippen LogP contribution < -0.4 is 5.32 Å². The standard InChI is InChI=1S/C16H18N2O3/c1-10-4-5-11(8-13(10)16(2,3)15(20)21)18-14-9-12(19)6-7-17-14/h4-9H,1-3H3,(H,20,21)(H2,17,18,19). The first-order valence-corrected chi connectivity index (χ1v) is 6.57. The van der Waals surface area contributed by atoms with Crippen LogP contribution in [0.2, 0.25) is 0 Å². The van der Waals surface area contributed by atoms with Crippen molar-refractivity contribution in [2.45, 2.75) is 26.2 Å². The summed E-state index contributed by atoms with van der Waals surface area (Å²) in [7, 11) is 0. The number of hydrogen-bond donors (Lipinski definition) is 3. The van der Waals surface area contributed by atoms with Crippen molar-refractivity contribution in [3.63, 3.8) is 0 Å². The van der Waals surface area contributed by atoms with Crippen LogP contribution in [-0.4, -0.2) is 21.2 Å². The fourth-order valence-electron chi connectivity index (χ4n) is 2.12. The number of aromatic hydroxyl groups is 1. The number of anilines is 2. The molecule has 0 bridgehead atoms. The third-order valence-electron chi connectivity index (χ3n) is 3.46. The van der Waals surface area contributed by atoms with Crippen molar-refractivity contribution >= 4 is 17.5 Å². The van der Waals surface area contributed by atoms with E-state index >= 15 is 0 Å². The van der Waals surface area contributed by atoms with Gasteiger partial charge in [-0.1, -0.05) is 6.07 Å². The number of aliphatic carboxylic acids is 1. The number of hydrogen-bond acceptors (Lipinski definition) is 4. The first-order valence-electron chi connectivity index (χ1n) is 6.57. The molecule has 5 nitrogen and oxygen atoms in total. The lowest BCUT2D eigenvalue weighted by Gasteiger charge is -2.23. The summed E-state index contributed by atoms with van der Waals surface area (Å²) in [5.41, 5.74) is 1.40. The first-order chi connectivity index (χ1) is 9.80. The van der Waals surface area contributed by atoms with Crippen LogP contribution in [0.4, 0.5) is 11.5 Å². The van der Waals surface area contributed by atoms with Crippen molar-refractivity contribution in [3.8, 4) is 5.75 Å². The summed E-state index contributed by atoms with van der Waals surface area (Å²) in [6.07, 6.45) is 1.49. The molecule has 0 atom stereocenters. The van der Waals surface area contributed by atoms with Gasteiger partial charge < -0.3 is 15.5 Å². The van der Waals surface area contributed by atoms with E-state index in [1.54, 1.807) is 19.9 Å². The third kappa shape index (κ3) is 3.13. The molecule has 5 heteroatoms. The molecule has 1 aromatic heterocycles. The molecule has 3 N–H and O–H groups in total. The lowest BCUT2D eigenvalue weighted by atomic mass is 9.82. The number of nitrogens with one attached hydrogen (secondary N) is 1. The van der Waals surface area contributed by atoms with E-state index in [2.05, 4.69) is 10.3 Å². The van der Waals surface area contributed by atoms with Gasteiger partial charge in [0.25, 0.3) is 0 Å². The van der Waals surface area contributed by atoms with Gasteiger partial charge in [0, 0.05) is 18.0 Å². The zero-order chi connectivity index (χ0) is 15.6. The van der Waals surface area contributed by atoms with Gasteiger partial charge in [-0.05, 0) is 50.1 Å². The highest BCUT2D eigenvalue weighted by Crippen LogP contribution is 2.30. The van der Waals surface area contributed by atoms with Gasteiger partial charge in [0.1, 0.15) is 11.6 Å². The molecular weight excluding hydrogens is 268 g/mol. The first kappa shape index (κ1) is 14.8. The maximum Gasteiger partial charge on any atom is 0.313 e. The van der Waals surface area contributed by atoms with Gasteiger partial charge >= 0.3 is 5.97 Å². The van der Waals surface area contributed by atoms with Gasteiger partial charge in [0.15, 0.2) is 0 Å². The normalized spacial score (nSPS) is 11.2. The van der Waals surface area contributed by atoms with Crippen LogP contribution in [0, 0.1) is 6.92 Å². The number of pyridine rings is 1. The average Bonchev–Trinajstić information content (AvgIpc) is 2.40. The van der Waals surface area contributed by atoms with Crippen molar-refractivity contribution in [2.24, 2.45) is 0 Å². The molecule has 0 saturated carbocycles. The van der Waals surface area contributed by atoms with Crippen LogP contribution >= 0.6 is 0 Å². The largest absolute Gasteiger partial charge is 0.508 e. The van der Waals surface area contributed by atoms with Crippen molar-refractivity contribution in [1.29, 1.82) is 0 Å². The van der Waals surface area contributed by atoms with Gasteiger partial charge in [-0.3, -0.25) is 4.79 Å². The molecule has 0 aliphatic rings. The van der Waals surface area contributed by atoms with E-state index in [4.69, 9.17) is 0 Å². The van der Waals surface area contributed by atoms with Gasteiger partial charge in [0.05, 0.1) is 5.41 Å². The molecule has 0 unspecified atom stereocenters. The van der Waals surface area contributed by atoms with Crippen LogP contribution in [0.5, 0.6) is 5.75 Å². The topological polar surface area (TPSA) is 82.5 Å². The minimum Gasteiger partial charge on any atom is -0.508 e. The smallest absolute Gasteiger partial charge is 0.313 e. The second kappa shape index (κ2) is 5.44. The molecule has 0 radical (unpaired) electrons. The molecule has 0 spiro atoms. The molecule has 1 aromatic carbocycles. The number of aromatic nitrogens is 1. The molecule has 0 saturated heterocycles. The maximum atomic E-state index is 11.4. The van der Waals surface area contributed by atoms with E-state index in [-0.39, 0.29) is 5.75 Å². The van der Waals surface area contributed by atoms with Crippen LogP contribution in [-0.2, 0) is 10.2 Å². The zero-order valence-electron chi connectivity index (χ0n) is 12.2. The van der Waals surface area contributed by atoms with Crippen molar-refractivity contribution in [3.05, 3.63) is 47.7 Å². The predicted molar refractivity (Wildman–Crippen MR) is 81.0 cm³/mol. The molecule has 0 aliphatic carbocycles. The molecule has 2 rings (SSSR count). The zero-order valence-corrected chi connectivity index (χ0v) is 12.2. The van der Waals surface area contributed by atoms with E-state index in [1.165, 1.54) is 18.3 Å². The summed E-state index contributed by atoms with van der Waals surface area (Å²) in [6.45, 7) is 5.23. The highest BCUT2D eigenvalue weighted by Gasteiger charge is 2.31. The van der Waals surface area contributed by atoms with E-state index < -0.39 is 11.4 Å². The second-order valence-electron chi connectivity index (χ2n) is 5.48. The van der Waals surface area contributed by atoms with E-state index in [0.717, 1.165) is 16.8 Å². The van der Waals surface area contributed by atoms with E-state index in [9.17, 15) is 15.0 Å². The summed E-state index contributed by atoms with van der Waals surface area (Å²) in [5.74, 6) is -0.262. The molecular formula is C16H18N2O3. The molecule has 0 amide bonds. The van der Waals surface area contributed by atoms with Crippen molar-refractivity contribution in [2.75, 3.05) is 5.32 Å². The molecule has 0 aliphatic heterocycles. The number of carboxylic acids is 1. The summed E-state index contributed by atoms with van der Waals surface area (Å²) in [6, 6.07) is 8.50. The highest BCUT2D eigenvalue weighted by molar-refractivity contribution is 5.81. The highest BCUT2D eigenvalue weighted by atomic mass is 16.4. The Hall–Kier alpha value is -2.56.